The van der Waals surface area contributed by atoms with Gasteiger partial charge in [-0.05, 0) is 48.9 Å². The van der Waals surface area contributed by atoms with E-state index in [1.54, 1.807) is 23.1 Å². The van der Waals surface area contributed by atoms with Gasteiger partial charge in [0.05, 0.1) is 25.8 Å². The second-order valence-electron chi connectivity index (χ2n) is 8.14. The van der Waals surface area contributed by atoms with Crippen molar-refractivity contribution in [3.63, 3.8) is 0 Å². The maximum Gasteiger partial charge on any atom is 0.222 e. The van der Waals surface area contributed by atoms with E-state index in [0.717, 1.165) is 27.5 Å². The Bertz CT molecular complexity index is 1410. The van der Waals surface area contributed by atoms with Gasteiger partial charge in [0.2, 0.25) is 5.91 Å². The van der Waals surface area contributed by atoms with Crippen LogP contribution in [-0.4, -0.2) is 70.8 Å². The number of fused-ring (bicyclic) bond motifs is 1. The van der Waals surface area contributed by atoms with E-state index in [-0.39, 0.29) is 34.3 Å². The average Bonchev–Trinajstić information content (AvgIpc) is 3.22. The number of thiazole rings is 1. The van der Waals surface area contributed by atoms with Gasteiger partial charge in [0.1, 0.15) is 5.82 Å². The molecule has 0 spiro atoms. The molecule has 0 bridgehead atoms. The number of rotatable bonds is 7. The zero-order valence-corrected chi connectivity index (χ0v) is 20.9. The summed E-state index contributed by atoms with van der Waals surface area (Å²) in [5.74, 6) is -0.778. The summed E-state index contributed by atoms with van der Waals surface area (Å²) >= 11 is 1.42. The van der Waals surface area contributed by atoms with Gasteiger partial charge in [-0.3, -0.25) is 4.79 Å². The molecule has 12 heteroatoms. The van der Waals surface area contributed by atoms with E-state index < -0.39 is 25.5 Å². The van der Waals surface area contributed by atoms with Crippen LogP contribution in [-0.2, 0) is 24.5 Å². The molecule has 1 aromatic heterocycles. The summed E-state index contributed by atoms with van der Waals surface area (Å²) in [4.78, 5) is 21.3. The molecule has 3 aromatic rings. The Labute approximate surface area is 201 Å². The molecule has 1 aliphatic heterocycles. The third-order valence-corrected chi connectivity index (χ3v) is 9.66. The van der Waals surface area contributed by atoms with Crippen LogP contribution in [0.2, 0.25) is 0 Å². The summed E-state index contributed by atoms with van der Waals surface area (Å²) in [7, 11) is -6.86. The first-order chi connectivity index (χ1) is 16.0. The van der Waals surface area contributed by atoms with Crippen LogP contribution in [0.4, 0.5) is 9.52 Å². The second kappa shape index (κ2) is 9.59. The largest absolute Gasteiger partial charge is 0.345 e. The van der Waals surface area contributed by atoms with Crippen molar-refractivity contribution in [3.8, 4) is 0 Å². The Hall–Kier alpha value is -2.57. The summed E-state index contributed by atoms with van der Waals surface area (Å²) in [6.07, 6.45) is 1.49. The average molecular weight is 526 g/mol. The Morgan fingerprint density at radius 1 is 1.00 bits per heavy atom. The molecule has 0 aliphatic carbocycles. The lowest BCUT2D eigenvalue weighted by molar-refractivity contribution is -0.131. The van der Waals surface area contributed by atoms with Crippen LogP contribution in [0.5, 0.6) is 0 Å². The molecule has 182 valence electrons. The van der Waals surface area contributed by atoms with Gasteiger partial charge in [-0.25, -0.2) is 26.2 Å². The first-order valence-electron chi connectivity index (χ1n) is 10.6. The fourth-order valence-corrected chi connectivity index (χ4v) is 6.83. The van der Waals surface area contributed by atoms with E-state index in [2.05, 4.69) is 9.88 Å². The van der Waals surface area contributed by atoms with Crippen molar-refractivity contribution in [1.82, 2.24) is 9.88 Å². The van der Waals surface area contributed by atoms with Gasteiger partial charge >= 0.3 is 0 Å². The number of aromatic nitrogens is 1. The smallest absolute Gasteiger partial charge is 0.222 e. The van der Waals surface area contributed by atoms with E-state index in [4.69, 9.17) is 0 Å². The molecule has 0 N–H and O–H groups in total. The third kappa shape index (κ3) is 5.56. The van der Waals surface area contributed by atoms with Gasteiger partial charge in [0, 0.05) is 38.9 Å². The molecule has 4 rings (SSSR count). The monoisotopic (exact) mass is 525 g/mol. The highest BCUT2D eigenvalue weighted by Crippen LogP contribution is 2.31. The number of anilines is 1. The number of halogens is 1. The van der Waals surface area contributed by atoms with Crippen LogP contribution in [0.1, 0.15) is 12.8 Å². The van der Waals surface area contributed by atoms with E-state index >= 15 is 0 Å². The van der Waals surface area contributed by atoms with Crippen molar-refractivity contribution in [3.05, 3.63) is 48.3 Å². The van der Waals surface area contributed by atoms with Crippen molar-refractivity contribution < 1.29 is 26.0 Å². The number of benzene rings is 2. The molecule has 1 amide bonds. The molecule has 2 aromatic carbocycles. The van der Waals surface area contributed by atoms with Crippen LogP contribution in [0, 0.1) is 5.82 Å². The zero-order valence-electron chi connectivity index (χ0n) is 18.5. The Balaban J connectivity index is 1.30. The maximum atomic E-state index is 13.0. The number of nitrogens with zero attached hydrogens (tertiary/aromatic N) is 3. The first-order valence-corrected chi connectivity index (χ1v) is 15.0. The molecule has 34 heavy (non-hydrogen) atoms. The van der Waals surface area contributed by atoms with Gasteiger partial charge < -0.3 is 9.80 Å². The third-order valence-electron chi connectivity index (χ3n) is 5.66. The van der Waals surface area contributed by atoms with Gasteiger partial charge in [-0.15, -0.1) is 0 Å². The predicted octanol–water partition coefficient (Wildman–Crippen LogP) is 2.74. The van der Waals surface area contributed by atoms with Crippen molar-refractivity contribution in [2.24, 2.45) is 0 Å². The summed E-state index contributed by atoms with van der Waals surface area (Å²) in [5.41, 5.74) is 0.730. The first kappa shape index (κ1) is 24.6. The van der Waals surface area contributed by atoms with Gasteiger partial charge in [0.25, 0.3) is 0 Å². The second-order valence-corrected chi connectivity index (χ2v) is 13.3. The summed E-state index contributed by atoms with van der Waals surface area (Å²) < 4.78 is 62.1. The van der Waals surface area contributed by atoms with Crippen LogP contribution in [0.15, 0.2) is 52.3 Å². The van der Waals surface area contributed by atoms with E-state index in [0.29, 0.717) is 26.2 Å². The van der Waals surface area contributed by atoms with Crippen molar-refractivity contribution in [2.75, 3.05) is 43.1 Å². The van der Waals surface area contributed by atoms with Crippen LogP contribution < -0.4 is 4.90 Å². The van der Waals surface area contributed by atoms with E-state index in [9.17, 15) is 26.0 Å². The number of hydrogen-bond donors (Lipinski definition) is 0. The SMILES string of the molecule is CS(=O)(=O)c1ccc2nc(N3CCN(C(=O)CCCS(=O)(=O)c4ccc(F)cc4)CC3)sc2c1. The van der Waals surface area contributed by atoms with Crippen molar-refractivity contribution >= 4 is 52.3 Å². The van der Waals surface area contributed by atoms with Crippen LogP contribution in [0.3, 0.4) is 0 Å². The lowest BCUT2D eigenvalue weighted by atomic mass is 10.2. The topological polar surface area (TPSA) is 105 Å². The highest BCUT2D eigenvalue weighted by atomic mass is 32.2. The molecule has 0 saturated carbocycles. The molecular formula is C22H24FN3O5S3. The fraction of sp³-hybridized carbons (Fsp3) is 0.364. The molecule has 8 nitrogen and oxygen atoms in total. The molecule has 0 atom stereocenters. The van der Waals surface area contributed by atoms with Crippen LogP contribution in [0.25, 0.3) is 10.2 Å². The fourth-order valence-electron chi connectivity index (χ4n) is 3.74. The Kier molecular flexibility index (Phi) is 6.92. The molecule has 0 radical (unpaired) electrons. The highest BCUT2D eigenvalue weighted by molar-refractivity contribution is 7.91. The van der Waals surface area contributed by atoms with Crippen LogP contribution >= 0.6 is 11.3 Å². The minimum Gasteiger partial charge on any atom is -0.345 e. The van der Waals surface area contributed by atoms with E-state index in [1.807, 2.05) is 0 Å². The minimum atomic E-state index is -3.56. The number of amides is 1. The quantitative estimate of drug-likeness (QED) is 0.437. The minimum absolute atomic E-state index is 0.0504. The maximum absolute atomic E-state index is 13.0. The number of carbonyl (C=O) groups is 1. The molecule has 1 fully saturated rings. The molecule has 1 saturated heterocycles. The van der Waals surface area contributed by atoms with Crippen molar-refractivity contribution in [1.29, 1.82) is 0 Å². The van der Waals surface area contributed by atoms with Crippen molar-refractivity contribution in [2.45, 2.75) is 22.6 Å². The molecule has 0 unspecified atom stereocenters. The molecular weight excluding hydrogens is 501 g/mol. The summed E-state index contributed by atoms with van der Waals surface area (Å²) in [6.45, 7) is 2.15. The highest BCUT2D eigenvalue weighted by Gasteiger charge is 2.24. The normalized spacial score (nSPS) is 15.1. The molecule has 2 heterocycles. The number of hydrogen-bond acceptors (Lipinski definition) is 8. The van der Waals surface area contributed by atoms with Gasteiger partial charge in [-0.1, -0.05) is 11.3 Å². The lowest BCUT2D eigenvalue weighted by Gasteiger charge is -2.34. The van der Waals surface area contributed by atoms with Gasteiger partial charge in [0.15, 0.2) is 24.8 Å². The van der Waals surface area contributed by atoms with Gasteiger partial charge in [-0.2, -0.15) is 0 Å². The lowest BCUT2D eigenvalue weighted by Crippen LogP contribution is -2.48. The summed E-state index contributed by atoms with van der Waals surface area (Å²) in [6, 6.07) is 9.55. The number of sulfone groups is 2. The van der Waals surface area contributed by atoms with E-state index in [1.165, 1.54) is 29.7 Å². The summed E-state index contributed by atoms with van der Waals surface area (Å²) in [5, 5.41) is 0.776. The molecule has 1 aliphatic rings. The predicted molar refractivity (Wildman–Crippen MR) is 129 cm³/mol. The number of piperazine rings is 1. The zero-order chi connectivity index (χ0) is 24.5. The Morgan fingerprint density at radius 3 is 2.29 bits per heavy atom. The Morgan fingerprint density at radius 2 is 1.65 bits per heavy atom. The number of carbonyl (C=O) groups excluding carboxylic acids is 1. The standard InChI is InChI=1S/C22H24FN3O5S3/c1-33(28,29)18-8-9-19-20(15-18)32-22(24-19)26-12-10-25(11-13-26)21(27)3-2-14-34(30,31)17-6-4-16(23)5-7-17/h4-9,15H,2-3,10-14H2,1H3.